The zero-order valence-corrected chi connectivity index (χ0v) is 13.3. The molecule has 1 fully saturated rings. The lowest BCUT2D eigenvalue weighted by Crippen LogP contribution is -2.33. The largest absolute Gasteiger partial charge is 0.356 e. The van der Waals surface area contributed by atoms with Crippen LogP contribution in [-0.2, 0) is 17.6 Å². The van der Waals surface area contributed by atoms with Gasteiger partial charge in [0.05, 0.1) is 4.88 Å². The summed E-state index contributed by atoms with van der Waals surface area (Å²) < 4.78 is 0. The molecule has 0 unspecified atom stereocenters. The first-order valence-electron chi connectivity index (χ1n) is 7.87. The third kappa shape index (κ3) is 2.98. The van der Waals surface area contributed by atoms with Crippen LogP contribution in [0.25, 0.3) is 0 Å². The SMILES string of the molecule is CCNC(=O)[C@@H]1CCc2sc(C(=O)N3CCCC3)cc2C1. The second kappa shape index (κ2) is 6.18. The van der Waals surface area contributed by atoms with Gasteiger partial charge < -0.3 is 10.2 Å². The summed E-state index contributed by atoms with van der Waals surface area (Å²) in [5, 5.41) is 2.91. The molecule has 2 heterocycles. The summed E-state index contributed by atoms with van der Waals surface area (Å²) in [4.78, 5) is 28.5. The smallest absolute Gasteiger partial charge is 0.263 e. The Hall–Kier alpha value is -1.36. The molecule has 1 aliphatic carbocycles. The van der Waals surface area contributed by atoms with Crippen LogP contribution >= 0.6 is 11.3 Å². The van der Waals surface area contributed by atoms with Gasteiger partial charge in [-0.2, -0.15) is 0 Å². The minimum absolute atomic E-state index is 0.0711. The molecule has 2 aliphatic rings. The maximum Gasteiger partial charge on any atom is 0.263 e. The first kappa shape index (κ1) is 14.6. The van der Waals surface area contributed by atoms with Gasteiger partial charge in [-0.1, -0.05) is 0 Å². The summed E-state index contributed by atoms with van der Waals surface area (Å²) in [5.41, 5.74) is 1.21. The van der Waals surface area contributed by atoms with E-state index < -0.39 is 0 Å². The number of nitrogens with one attached hydrogen (secondary N) is 1. The van der Waals surface area contributed by atoms with E-state index in [1.54, 1.807) is 11.3 Å². The van der Waals surface area contributed by atoms with E-state index in [0.717, 1.165) is 50.1 Å². The molecular weight excluding hydrogens is 284 g/mol. The Balaban J connectivity index is 1.72. The lowest BCUT2D eigenvalue weighted by Gasteiger charge is -2.20. The minimum Gasteiger partial charge on any atom is -0.356 e. The molecule has 2 amide bonds. The van der Waals surface area contributed by atoms with Crippen LogP contribution in [0.15, 0.2) is 6.07 Å². The minimum atomic E-state index is 0.0711. The molecule has 0 radical (unpaired) electrons. The van der Waals surface area contributed by atoms with Crippen molar-refractivity contribution < 1.29 is 9.59 Å². The number of carbonyl (C=O) groups excluding carboxylic acids is 2. The van der Waals surface area contributed by atoms with Crippen molar-refractivity contribution in [1.82, 2.24) is 10.2 Å². The number of fused-ring (bicyclic) bond motifs is 1. The van der Waals surface area contributed by atoms with Crippen molar-refractivity contribution in [3.63, 3.8) is 0 Å². The predicted octanol–water partition coefficient (Wildman–Crippen LogP) is 2.23. The molecule has 0 bridgehead atoms. The van der Waals surface area contributed by atoms with E-state index in [4.69, 9.17) is 0 Å². The highest BCUT2D eigenvalue weighted by atomic mass is 32.1. The molecule has 1 aliphatic heterocycles. The summed E-state index contributed by atoms with van der Waals surface area (Å²) in [7, 11) is 0. The highest BCUT2D eigenvalue weighted by Crippen LogP contribution is 2.33. The molecule has 0 saturated carbocycles. The van der Waals surface area contributed by atoms with Crippen LogP contribution in [0.3, 0.4) is 0 Å². The Morgan fingerprint density at radius 2 is 2.14 bits per heavy atom. The first-order valence-corrected chi connectivity index (χ1v) is 8.69. The van der Waals surface area contributed by atoms with Gasteiger partial charge in [-0.05, 0) is 50.7 Å². The topological polar surface area (TPSA) is 49.4 Å². The maximum atomic E-state index is 12.4. The molecule has 114 valence electrons. The fraction of sp³-hybridized carbons (Fsp3) is 0.625. The third-order valence-corrected chi connectivity index (χ3v) is 5.63. The summed E-state index contributed by atoms with van der Waals surface area (Å²) >= 11 is 1.63. The van der Waals surface area contributed by atoms with Crippen molar-refractivity contribution in [2.24, 2.45) is 5.92 Å². The fourth-order valence-electron chi connectivity index (χ4n) is 3.25. The van der Waals surface area contributed by atoms with Crippen molar-refractivity contribution in [2.45, 2.75) is 39.0 Å². The number of thiophene rings is 1. The lowest BCUT2D eigenvalue weighted by molar-refractivity contribution is -0.125. The van der Waals surface area contributed by atoms with E-state index >= 15 is 0 Å². The molecule has 1 atom stereocenters. The molecule has 21 heavy (non-hydrogen) atoms. The van der Waals surface area contributed by atoms with E-state index in [-0.39, 0.29) is 17.7 Å². The van der Waals surface area contributed by atoms with Crippen molar-refractivity contribution >= 4 is 23.2 Å². The fourth-order valence-corrected chi connectivity index (χ4v) is 4.42. The monoisotopic (exact) mass is 306 g/mol. The zero-order chi connectivity index (χ0) is 14.8. The van der Waals surface area contributed by atoms with Gasteiger partial charge in [-0.15, -0.1) is 11.3 Å². The molecule has 4 nitrogen and oxygen atoms in total. The van der Waals surface area contributed by atoms with Gasteiger partial charge in [0.15, 0.2) is 0 Å². The predicted molar refractivity (Wildman–Crippen MR) is 83.7 cm³/mol. The van der Waals surface area contributed by atoms with E-state index in [1.165, 1.54) is 10.4 Å². The van der Waals surface area contributed by atoms with Gasteiger partial charge in [-0.25, -0.2) is 0 Å². The molecule has 3 rings (SSSR count). The molecule has 0 aromatic carbocycles. The van der Waals surface area contributed by atoms with Crippen molar-refractivity contribution in [2.75, 3.05) is 19.6 Å². The highest BCUT2D eigenvalue weighted by molar-refractivity contribution is 7.14. The Morgan fingerprint density at radius 3 is 2.86 bits per heavy atom. The van der Waals surface area contributed by atoms with Crippen LogP contribution in [-0.4, -0.2) is 36.3 Å². The van der Waals surface area contributed by atoms with E-state index in [1.807, 2.05) is 17.9 Å². The van der Waals surface area contributed by atoms with Crippen LogP contribution in [0, 0.1) is 5.92 Å². The molecule has 0 spiro atoms. The van der Waals surface area contributed by atoms with Gasteiger partial charge in [0.25, 0.3) is 5.91 Å². The second-order valence-electron chi connectivity index (χ2n) is 5.89. The maximum absolute atomic E-state index is 12.4. The van der Waals surface area contributed by atoms with Crippen molar-refractivity contribution in [3.8, 4) is 0 Å². The number of likely N-dealkylation sites (tertiary alicyclic amines) is 1. The van der Waals surface area contributed by atoms with Crippen LogP contribution in [0.2, 0.25) is 0 Å². The number of hydrogen-bond donors (Lipinski definition) is 1. The number of carbonyl (C=O) groups is 2. The summed E-state index contributed by atoms with van der Waals surface area (Å²) in [6.07, 6.45) is 4.85. The number of aryl methyl sites for hydroxylation is 1. The quantitative estimate of drug-likeness (QED) is 0.931. The van der Waals surface area contributed by atoms with Crippen LogP contribution < -0.4 is 5.32 Å². The van der Waals surface area contributed by atoms with Gasteiger partial charge in [-0.3, -0.25) is 9.59 Å². The lowest BCUT2D eigenvalue weighted by atomic mass is 9.88. The highest BCUT2D eigenvalue weighted by Gasteiger charge is 2.28. The molecule has 1 aromatic heterocycles. The number of rotatable bonds is 3. The Bertz CT molecular complexity index is 546. The molecule has 5 heteroatoms. The molecule has 1 aromatic rings. The number of nitrogens with zero attached hydrogens (tertiary/aromatic N) is 1. The van der Waals surface area contributed by atoms with Gasteiger partial charge in [0, 0.05) is 30.4 Å². The third-order valence-electron chi connectivity index (χ3n) is 4.41. The average Bonchev–Trinajstić information content (AvgIpc) is 3.15. The van der Waals surface area contributed by atoms with Crippen molar-refractivity contribution in [1.29, 1.82) is 0 Å². The van der Waals surface area contributed by atoms with Crippen molar-refractivity contribution in [3.05, 3.63) is 21.4 Å². The van der Waals surface area contributed by atoms with Crippen LogP contribution in [0.4, 0.5) is 0 Å². The number of hydrogen-bond acceptors (Lipinski definition) is 3. The number of amides is 2. The summed E-state index contributed by atoms with van der Waals surface area (Å²) in [6, 6.07) is 2.03. The first-order chi connectivity index (χ1) is 10.2. The average molecular weight is 306 g/mol. The van der Waals surface area contributed by atoms with E-state index in [2.05, 4.69) is 5.32 Å². The molecular formula is C16H22N2O2S. The van der Waals surface area contributed by atoms with Crippen LogP contribution in [0.1, 0.15) is 46.3 Å². The Kier molecular flexibility index (Phi) is 4.29. The van der Waals surface area contributed by atoms with Gasteiger partial charge >= 0.3 is 0 Å². The molecule has 1 N–H and O–H groups in total. The normalized spacial score (nSPS) is 21.2. The Labute approximate surface area is 129 Å². The molecule has 1 saturated heterocycles. The van der Waals surface area contributed by atoms with Gasteiger partial charge in [0.1, 0.15) is 0 Å². The summed E-state index contributed by atoms with van der Waals surface area (Å²) in [5.74, 6) is 0.407. The Morgan fingerprint density at radius 1 is 1.38 bits per heavy atom. The zero-order valence-electron chi connectivity index (χ0n) is 12.5. The van der Waals surface area contributed by atoms with Crippen LogP contribution in [0.5, 0.6) is 0 Å². The summed E-state index contributed by atoms with van der Waals surface area (Å²) in [6.45, 7) is 4.42. The van der Waals surface area contributed by atoms with E-state index in [9.17, 15) is 9.59 Å². The van der Waals surface area contributed by atoms with Gasteiger partial charge in [0.2, 0.25) is 5.91 Å². The second-order valence-corrected chi connectivity index (χ2v) is 7.03. The van der Waals surface area contributed by atoms with E-state index in [0.29, 0.717) is 6.54 Å². The standard InChI is InChI=1S/C16H22N2O2S/c1-2-17-15(19)11-5-6-13-12(9-11)10-14(21-13)16(20)18-7-3-4-8-18/h10-11H,2-9H2,1H3,(H,17,19)/t11-/m1/s1.